The number of ether oxygens (including phenoxy) is 2. The van der Waals surface area contributed by atoms with Crippen molar-refractivity contribution in [1.82, 2.24) is 14.7 Å². The summed E-state index contributed by atoms with van der Waals surface area (Å²) in [5.41, 5.74) is -0.0833. The van der Waals surface area contributed by atoms with E-state index in [0.717, 1.165) is 4.88 Å². The molecule has 10 heteroatoms. The van der Waals surface area contributed by atoms with Crippen molar-refractivity contribution in [1.29, 1.82) is 0 Å². The molecule has 3 heterocycles. The summed E-state index contributed by atoms with van der Waals surface area (Å²) >= 11 is 7.32. The predicted octanol–water partition coefficient (Wildman–Crippen LogP) is 4.43. The molecule has 0 amide bonds. The Morgan fingerprint density at radius 2 is 2.03 bits per heavy atom. The Labute approximate surface area is 176 Å². The lowest BCUT2D eigenvalue weighted by molar-refractivity contribution is 0.00579. The monoisotopic (exact) mass is 437 g/mol. The van der Waals surface area contributed by atoms with E-state index in [4.69, 9.17) is 25.6 Å². The summed E-state index contributed by atoms with van der Waals surface area (Å²) in [4.78, 5) is 29.8. The van der Waals surface area contributed by atoms with Crippen LogP contribution in [-0.2, 0) is 16.0 Å². The quantitative estimate of drug-likeness (QED) is 0.526. The molecule has 0 aliphatic rings. The summed E-state index contributed by atoms with van der Waals surface area (Å²) in [5, 5.41) is 4.03. The van der Waals surface area contributed by atoms with E-state index in [1.807, 2.05) is 6.07 Å². The van der Waals surface area contributed by atoms with Crippen LogP contribution in [0.1, 0.15) is 54.5 Å². The molecular weight excluding hydrogens is 418 g/mol. The fourth-order valence-electron chi connectivity index (χ4n) is 2.50. The topological polar surface area (TPSA) is 96.4 Å². The standard InChI is InChI=1S/C19H20ClN3O5S/c1-5-26-18(25)16-21-9-12(17(24)27-19(2,3)4)23(16)10-11-8-13(28-22-11)14-6-7-15(20)29-14/h6-9H,5,10H2,1-4H3. The van der Waals surface area contributed by atoms with Gasteiger partial charge in [-0.05, 0) is 39.8 Å². The largest absolute Gasteiger partial charge is 0.460 e. The van der Waals surface area contributed by atoms with Crippen LogP contribution >= 0.6 is 22.9 Å². The van der Waals surface area contributed by atoms with Crippen molar-refractivity contribution in [2.45, 2.75) is 39.8 Å². The first-order valence-electron chi connectivity index (χ1n) is 8.85. The first-order valence-corrected chi connectivity index (χ1v) is 10.0. The van der Waals surface area contributed by atoms with Crippen LogP contribution in [0.25, 0.3) is 10.6 Å². The van der Waals surface area contributed by atoms with Gasteiger partial charge in [-0.25, -0.2) is 14.6 Å². The van der Waals surface area contributed by atoms with Gasteiger partial charge in [0.05, 0.1) is 28.6 Å². The summed E-state index contributed by atoms with van der Waals surface area (Å²) in [7, 11) is 0. The summed E-state index contributed by atoms with van der Waals surface area (Å²) in [5.74, 6) is -0.727. The fourth-order valence-corrected chi connectivity index (χ4v) is 3.49. The molecule has 0 atom stereocenters. The molecule has 0 unspecified atom stereocenters. The maximum Gasteiger partial charge on any atom is 0.374 e. The molecule has 154 valence electrons. The van der Waals surface area contributed by atoms with Crippen LogP contribution in [0.3, 0.4) is 0 Å². The number of thiophene rings is 1. The molecule has 0 aliphatic carbocycles. The summed E-state index contributed by atoms with van der Waals surface area (Å²) in [6.45, 7) is 7.22. The fraction of sp³-hybridized carbons (Fsp3) is 0.368. The normalized spacial score (nSPS) is 11.5. The first kappa shape index (κ1) is 21.1. The number of halogens is 1. The summed E-state index contributed by atoms with van der Waals surface area (Å²) in [6, 6.07) is 5.31. The maximum absolute atomic E-state index is 12.6. The Morgan fingerprint density at radius 3 is 2.66 bits per heavy atom. The number of carbonyl (C=O) groups is 2. The Morgan fingerprint density at radius 1 is 1.28 bits per heavy atom. The molecule has 0 saturated heterocycles. The second-order valence-corrected chi connectivity index (χ2v) is 8.78. The molecule has 3 aromatic rings. The Hall–Kier alpha value is -2.65. The predicted molar refractivity (Wildman–Crippen MR) is 107 cm³/mol. The van der Waals surface area contributed by atoms with Crippen molar-refractivity contribution in [2.24, 2.45) is 0 Å². The number of imidazole rings is 1. The van der Waals surface area contributed by atoms with Gasteiger partial charge in [-0.1, -0.05) is 16.8 Å². The maximum atomic E-state index is 12.6. The van der Waals surface area contributed by atoms with Gasteiger partial charge in [-0.15, -0.1) is 11.3 Å². The van der Waals surface area contributed by atoms with Gasteiger partial charge < -0.3 is 18.6 Å². The highest BCUT2D eigenvalue weighted by atomic mass is 35.5. The molecule has 0 fully saturated rings. The van der Waals surface area contributed by atoms with Crippen LogP contribution in [-0.4, -0.2) is 38.9 Å². The Bertz CT molecular complexity index is 1030. The van der Waals surface area contributed by atoms with Gasteiger partial charge in [0, 0.05) is 6.07 Å². The molecule has 0 aromatic carbocycles. The first-order chi connectivity index (χ1) is 13.7. The highest BCUT2D eigenvalue weighted by Crippen LogP contribution is 2.31. The van der Waals surface area contributed by atoms with E-state index in [2.05, 4.69) is 10.1 Å². The number of hydrogen-bond acceptors (Lipinski definition) is 8. The number of esters is 2. The van der Waals surface area contributed by atoms with E-state index >= 15 is 0 Å². The van der Waals surface area contributed by atoms with E-state index in [1.165, 1.54) is 22.1 Å². The molecule has 3 rings (SSSR count). The second-order valence-electron chi connectivity index (χ2n) is 7.06. The minimum Gasteiger partial charge on any atom is -0.460 e. The van der Waals surface area contributed by atoms with Gasteiger partial charge >= 0.3 is 11.9 Å². The zero-order chi connectivity index (χ0) is 21.2. The van der Waals surface area contributed by atoms with Crippen LogP contribution in [0, 0.1) is 0 Å². The van der Waals surface area contributed by atoms with E-state index < -0.39 is 17.5 Å². The van der Waals surface area contributed by atoms with Crippen molar-refractivity contribution in [3.8, 4) is 10.6 Å². The van der Waals surface area contributed by atoms with Crippen molar-refractivity contribution in [3.05, 3.63) is 45.9 Å². The molecule has 8 nitrogen and oxygen atoms in total. The average molecular weight is 438 g/mol. The number of hydrogen-bond donors (Lipinski definition) is 0. The van der Waals surface area contributed by atoms with Crippen LogP contribution in [0.15, 0.2) is 28.9 Å². The third-order valence-corrected chi connectivity index (χ3v) is 4.86. The molecule has 0 N–H and O–H groups in total. The zero-order valence-electron chi connectivity index (χ0n) is 16.4. The SMILES string of the molecule is CCOC(=O)c1ncc(C(=O)OC(C)(C)C)n1Cc1cc(-c2ccc(Cl)s2)on1. The minimum atomic E-state index is -0.699. The van der Waals surface area contributed by atoms with Crippen LogP contribution < -0.4 is 0 Å². The molecule has 0 radical (unpaired) electrons. The van der Waals surface area contributed by atoms with Gasteiger partial charge in [-0.2, -0.15) is 0 Å². The highest BCUT2D eigenvalue weighted by molar-refractivity contribution is 7.19. The number of rotatable bonds is 6. The van der Waals surface area contributed by atoms with E-state index in [9.17, 15) is 9.59 Å². The van der Waals surface area contributed by atoms with Crippen LogP contribution in [0.4, 0.5) is 0 Å². The molecule has 0 aliphatic heterocycles. The third kappa shape index (κ3) is 5.04. The number of carbonyl (C=O) groups excluding carboxylic acids is 2. The molecule has 0 spiro atoms. The Balaban J connectivity index is 1.93. The summed E-state index contributed by atoms with van der Waals surface area (Å²) in [6.07, 6.45) is 1.29. The van der Waals surface area contributed by atoms with Gasteiger partial charge in [0.1, 0.15) is 17.0 Å². The lowest BCUT2D eigenvalue weighted by Gasteiger charge is -2.20. The van der Waals surface area contributed by atoms with E-state index in [-0.39, 0.29) is 24.7 Å². The third-order valence-electron chi connectivity index (χ3n) is 3.62. The van der Waals surface area contributed by atoms with Crippen molar-refractivity contribution >= 4 is 34.9 Å². The molecule has 0 bridgehead atoms. The molecule has 29 heavy (non-hydrogen) atoms. The van der Waals surface area contributed by atoms with Gasteiger partial charge in [0.2, 0.25) is 5.82 Å². The van der Waals surface area contributed by atoms with E-state index in [0.29, 0.717) is 15.8 Å². The molecule has 0 saturated carbocycles. The van der Waals surface area contributed by atoms with Crippen LogP contribution in [0.5, 0.6) is 0 Å². The number of aromatic nitrogens is 3. The van der Waals surface area contributed by atoms with Crippen molar-refractivity contribution in [3.63, 3.8) is 0 Å². The van der Waals surface area contributed by atoms with Crippen molar-refractivity contribution in [2.75, 3.05) is 6.61 Å². The van der Waals surface area contributed by atoms with Gasteiger partial charge in [0.15, 0.2) is 5.76 Å². The lowest BCUT2D eigenvalue weighted by atomic mass is 10.2. The second kappa shape index (κ2) is 8.38. The van der Waals surface area contributed by atoms with Gasteiger partial charge in [-0.3, -0.25) is 0 Å². The molecular formula is C19H20ClN3O5S. The summed E-state index contributed by atoms with van der Waals surface area (Å²) < 4.78 is 17.9. The average Bonchev–Trinajstić information content (AvgIpc) is 3.33. The Kier molecular flexibility index (Phi) is 6.09. The van der Waals surface area contributed by atoms with Gasteiger partial charge in [0.25, 0.3) is 0 Å². The highest BCUT2D eigenvalue weighted by Gasteiger charge is 2.27. The zero-order valence-corrected chi connectivity index (χ0v) is 18.0. The van der Waals surface area contributed by atoms with E-state index in [1.54, 1.807) is 39.8 Å². The lowest BCUT2D eigenvalue weighted by Crippen LogP contribution is -2.26. The van der Waals surface area contributed by atoms with Crippen molar-refractivity contribution < 1.29 is 23.6 Å². The molecule has 3 aromatic heterocycles. The van der Waals surface area contributed by atoms with Crippen LogP contribution in [0.2, 0.25) is 4.34 Å². The smallest absolute Gasteiger partial charge is 0.374 e. The minimum absolute atomic E-state index is 0.0172. The number of nitrogens with zero attached hydrogens (tertiary/aromatic N) is 3.